The van der Waals surface area contributed by atoms with Gasteiger partial charge in [-0.2, -0.15) is 5.10 Å². The molecule has 2 rings (SSSR count). The van der Waals surface area contributed by atoms with Crippen LogP contribution in [-0.4, -0.2) is 16.3 Å². The second-order valence-electron chi connectivity index (χ2n) is 4.60. The Morgan fingerprint density at radius 1 is 1.44 bits per heavy atom. The van der Waals surface area contributed by atoms with Crippen LogP contribution in [0, 0.1) is 13.8 Å². The van der Waals surface area contributed by atoms with E-state index in [1.165, 1.54) is 16.1 Å². The zero-order valence-corrected chi connectivity index (χ0v) is 12.3. The highest BCUT2D eigenvalue weighted by Gasteiger charge is 2.17. The van der Waals surface area contributed by atoms with Crippen LogP contribution in [0.15, 0.2) is 17.5 Å². The molecule has 0 fully saturated rings. The maximum atomic E-state index is 4.50. The molecule has 1 N–H and O–H groups in total. The molecule has 4 heteroatoms. The van der Waals surface area contributed by atoms with E-state index < -0.39 is 0 Å². The Morgan fingerprint density at radius 3 is 2.72 bits per heavy atom. The van der Waals surface area contributed by atoms with Gasteiger partial charge in [0, 0.05) is 23.7 Å². The lowest BCUT2D eigenvalue weighted by Crippen LogP contribution is -2.22. The Labute approximate surface area is 113 Å². The summed E-state index contributed by atoms with van der Waals surface area (Å²) in [4.78, 5) is 1.40. The highest BCUT2D eigenvalue weighted by molar-refractivity contribution is 7.10. The van der Waals surface area contributed by atoms with E-state index >= 15 is 0 Å². The van der Waals surface area contributed by atoms with Gasteiger partial charge in [-0.25, -0.2) is 0 Å². The molecule has 2 heterocycles. The summed E-state index contributed by atoms with van der Waals surface area (Å²) in [5.74, 6) is 0. The molecule has 0 amide bonds. The molecular weight excluding hydrogens is 242 g/mol. The molecule has 2 aromatic heterocycles. The molecule has 0 aromatic carbocycles. The molecule has 3 nitrogen and oxygen atoms in total. The van der Waals surface area contributed by atoms with Crippen molar-refractivity contribution in [2.75, 3.05) is 6.54 Å². The Balaban J connectivity index is 2.24. The van der Waals surface area contributed by atoms with Crippen molar-refractivity contribution in [1.29, 1.82) is 0 Å². The van der Waals surface area contributed by atoms with Gasteiger partial charge >= 0.3 is 0 Å². The second-order valence-corrected chi connectivity index (χ2v) is 5.58. The topological polar surface area (TPSA) is 29.9 Å². The normalized spacial score (nSPS) is 12.9. The summed E-state index contributed by atoms with van der Waals surface area (Å²) >= 11 is 1.82. The molecule has 0 radical (unpaired) electrons. The number of aromatic nitrogens is 2. The predicted molar refractivity (Wildman–Crippen MR) is 77.1 cm³/mol. The van der Waals surface area contributed by atoms with Crippen LogP contribution in [0.5, 0.6) is 0 Å². The second kappa shape index (κ2) is 5.67. The summed E-state index contributed by atoms with van der Waals surface area (Å²) in [5.41, 5.74) is 3.79. The van der Waals surface area contributed by atoms with E-state index in [1.54, 1.807) is 0 Å². The summed E-state index contributed by atoms with van der Waals surface area (Å²) in [6.07, 6.45) is 1.01. The zero-order valence-electron chi connectivity index (χ0n) is 11.5. The molecule has 18 heavy (non-hydrogen) atoms. The van der Waals surface area contributed by atoms with Gasteiger partial charge in [-0.15, -0.1) is 11.3 Å². The van der Waals surface area contributed by atoms with Crippen LogP contribution in [0.25, 0.3) is 0 Å². The molecule has 1 unspecified atom stereocenters. The summed E-state index contributed by atoms with van der Waals surface area (Å²) in [7, 11) is 2.01. The van der Waals surface area contributed by atoms with Crippen molar-refractivity contribution in [1.82, 2.24) is 15.1 Å². The van der Waals surface area contributed by atoms with E-state index in [-0.39, 0.29) is 0 Å². The molecule has 2 aromatic rings. The van der Waals surface area contributed by atoms with Crippen molar-refractivity contribution in [3.63, 3.8) is 0 Å². The number of likely N-dealkylation sites (N-methyl/N-ethyl adjacent to an activating group) is 1. The van der Waals surface area contributed by atoms with Crippen LogP contribution < -0.4 is 5.32 Å². The third-order valence-electron chi connectivity index (χ3n) is 3.40. The number of nitrogens with zero attached hydrogens (tertiary/aromatic N) is 2. The van der Waals surface area contributed by atoms with Crippen LogP contribution in [0.1, 0.15) is 34.8 Å². The van der Waals surface area contributed by atoms with Crippen LogP contribution in [-0.2, 0) is 13.5 Å². The van der Waals surface area contributed by atoms with Gasteiger partial charge in [0.15, 0.2) is 0 Å². The molecular formula is C14H21N3S. The van der Waals surface area contributed by atoms with E-state index in [4.69, 9.17) is 0 Å². The smallest absolute Gasteiger partial charge is 0.0629 e. The average molecular weight is 263 g/mol. The number of hydrogen-bond acceptors (Lipinski definition) is 3. The van der Waals surface area contributed by atoms with Gasteiger partial charge in [0.1, 0.15) is 0 Å². The highest BCUT2D eigenvalue weighted by atomic mass is 32.1. The van der Waals surface area contributed by atoms with Gasteiger partial charge in [-0.05, 0) is 43.8 Å². The molecule has 0 saturated heterocycles. The molecule has 0 spiro atoms. The molecule has 0 aliphatic carbocycles. The molecule has 0 aliphatic heterocycles. The summed E-state index contributed by atoms with van der Waals surface area (Å²) in [5, 5.41) is 10.2. The maximum absolute atomic E-state index is 4.50. The van der Waals surface area contributed by atoms with Crippen molar-refractivity contribution < 1.29 is 0 Å². The van der Waals surface area contributed by atoms with E-state index in [1.807, 2.05) is 23.1 Å². The van der Waals surface area contributed by atoms with Gasteiger partial charge in [0.05, 0.1) is 5.69 Å². The van der Waals surface area contributed by atoms with Crippen molar-refractivity contribution in [2.24, 2.45) is 7.05 Å². The zero-order chi connectivity index (χ0) is 13.1. The number of rotatable bonds is 5. The molecule has 0 saturated carbocycles. The summed E-state index contributed by atoms with van der Waals surface area (Å²) in [6.45, 7) is 7.39. The van der Waals surface area contributed by atoms with Crippen LogP contribution in [0.3, 0.4) is 0 Å². The first-order valence-corrected chi connectivity index (χ1v) is 7.27. The standard InChI is InChI=1S/C14H21N3S/c1-5-15-13(14-7-6-8-18-14)9-12-10(2)16-17(4)11(12)3/h6-8,13,15H,5,9H2,1-4H3. The average Bonchev–Trinajstić information content (AvgIpc) is 2.93. The van der Waals surface area contributed by atoms with E-state index in [9.17, 15) is 0 Å². The fraction of sp³-hybridized carbons (Fsp3) is 0.500. The molecule has 1 atom stereocenters. The van der Waals surface area contributed by atoms with Gasteiger partial charge in [-0.1, -0.05) is 13.0 Å². The minimum atomic E-state index is 0.400. The Hall–Kier alpha value is -1.13. The lowest BCUT2D eigenvalue weighted by molar-refractivity contribution is 0.555. The lowest BCUT2D eigenvalue weighted by atomic mass is 10.0. The SMILES string of the molecule is CCNC(Cc1c(C)nn(C)c1C)c1cccs1. The Kier molecular flexibility index (Phi) is 4.19. The first-order valence-electron chi connectivity index (χ1n) is 6.39. The van der Waals surface area contributed by atoms with E-state index in [0.29, 0.717) is 6.04 Å². The van der Waals surface area contributed by atoms with Crippen molar-refractivity contribution in [2.45, 2.75) is 33.2 Å². The minimum Gasteiger partial charge on any atom is -0.309 e. The predicted octanol–water partition coefficient (Wildman–Crippen LogP) is 2.99. The lowest BCUT2D eigenvalue weighted by Gasteiger charge is -2.16. The maximum Gasteiger partial charge on any atom is 0.0629 e. The number of hydrogen-bond donors (Lipinski definition) is 1. The highest BCUT2D eigenvalue weighted by Crippen LogP contribution is 2.25. The van der Waals surface area contributed by atoms with Gasteiger partial charge in [0.25, 0.3) is 0 Å². The number of aryl methyl sites for hydroxylation is 2. The van der Waals surface area contributed by atoms with Gasteiger partial charge < -0.3 is 5.32 Å². The molecule has 98 valence electrons. The Bertz CT molecular complexity index is 499. The monoisotopic (exact) mass is 263 g/mol. The fourth-order valence-electron chi connectivity index (χ4n) is 2.33. The Morgan fingerprint density at radius 2 is 2.22 bits per heavy atom. The number of nitrogens with one attached hydrogen (secondary N) is 1. The number of thiophene rings is 1. The molecule has 0 bridgehead atoms. The van der Waals surface area contributed by atoms with E-state index in [0.717, 1.165) is 18.7 Å². The van der Waals surface area contributed by atoms with Gasteiger partial charge in [0.2, 0.25) is 0 Å². The summed E-state index contributed by atoms with van der Waals surface area (Å²) < 4.78 is 1.97. The largest absolute Gasteiger partial charge is 0.309 e. The van der Waals surface area contributed by atoms with Crippen LogP contribution >= 0.6 is 11.3 Å². The van der Waals surface area contributed by atoms with Crippen molar-refractivity contribution in [3.05, 3.63) is 39.3 Å². The minimum absolute atomic E-state index is 0.400. The first-order chi connectivity index (χ1) is 8.63. The third kappa shape index (κ3) is 2.65. The quantitative estimate of drug-likeness (QED) is 0.898. The molecule has 0 aliphatic rings. The summed E-state index contributed by atoms with van der Waals surface area (Å²) in [6, 6.07) is 4.73. The van der Waals surface area contributed by atoms with Crippen LogP contribution in [0.2, 0.25) is 0 Å². The van der Waals surface area contributed by atoms with Crippen molar-refractivity contribution in [3.8, 4) is 0 Å². The van der Waals surface area contributed by atoms with Crippen LogP contribution in [0.4, 0.5) is 0 Å². The van der Waals surface area contributed by atoms with Gasteiger partial charge in [-0.3, -0.25) is 4.68 Å². The fourth-order valence-corrected chi connectivity index (χ4v) is 3.13. The van der Waals surface area contributed by atoms with E-state index in [2.05, 4.69) is 48.7 Å². The third-order valence-corrected chi connectivity index (χ3v) is 4.39. The first kappa shape index (κ1) is 13.3. The van der Waals surface area contributed by atoms with Crippen molar-refractivity contribution >= 4 is 11.3 Å².